The second kappa shape index (κ2) is 8.16. The predicted molar refractivity (Wildman–Crippen MR) is 106 cm³/mol. The van der Waals surface area contributed by atoms with Crippen LogP contribution in [0.2, 0.25) is 0 Å². The van der Waals surface area contributed by atoms with Crippen LogP contribution in [0.3, 0.4) is 0 Å². The average Bonchev–Trinajstić information content (AvgIpc) is 2.66. The summed E-state index contributed by atoms with van der Waals surface area (Å²) in [6.07, 6.45) is 5.19. The summed E-state index contributed by atoms with van der Waals surface area (Å²) in [5.74, 6) is 1.66. The highest BCUT2D eigenvalue weighted by Crippen LogP contribution is 2.48. The van der Waals surface area contributed by atoms with Crippen LogP contribution in [0.15, 0.2) is 30.3 Å². The predicted octanol–water partition coefficient (Wildman–Crippen LogP) is 7.98. The fourth-order valence-electron chi connectivity index (χ4n) is 5.74. The first-order valence-corrected chi connectivity index (χ1v) is 10.8. The quantitative estimate of drug-likeness (QED) is 0.466. The van der Waals surface area contributed by atoms with Crippen molar-refractivity contribution in [2.75, 3.05) is 0 Å². The van der Waals surface area contributed by atoms with Crippen LogP contribution in [0.4, 0.5) is 17.6 Å². The van der Waals surface area contributed by atoms with Gasteiger partial charge in [0.1, 0.15) is 11.6 Å². The molecule has 2 fully saturated rings. The molecule has 2 aromatic carbocycles. The van der Waals surface area contributed by atoms with Crippen LogP contribution in [0.5, 0.6) is 5.75 Å². The maximum atomic E-state index is 13.9. The average molecular weight is 408 g/mol. The molecule has 158 valence electrons. The summed E-state index contributed by atoms with van der Waals surface area (Å²) < 4.78 is 55.9. The van der Waals surface area contributed by atoms with Crippen molar-refractivity contribution in [1.82, 2.24) is 0 Å². The number of hydrogen-bond donors (Lipinski definition) is 0. The molecule has 0 heterocycles. The molecule has 5 heteroatoms. The van der Waals surface area contributed by atoms with E-state index in [0.717, 1.165) is 42.2 Å². The van der Waals surface area contributed by atoms with Gasteiger partial charge in [-0.1, -0.05) is 44.4 Å². The largest absolute Gasteiger partial charge is 0.573 e. The lowest BCUT2D eigenvalue weighted by Crippen LogP contribution is -2.30. The van der Waals surface area contributed by atoms with Crippen molar-refractivity contribution in [1.29, 1.82) is 0 Å². The van der Waals surface area contributed by atoms with Crippen LogP contribution in [0.25, 0.3) is 10.8 Å². The van der Waals surface area contributed by atoms with Crippen molar-refractivity contribution < 1.29 is 22.3 Å². The van der Waals surface area contributed by atoms with E-state index in [1.165, 1.54) is 44.6 Å². The van der Waals surface area contributed by atoms with Crippen molar-refractivity contribution >= 4 is 10.8 Å². The summed E-state index contributed by atoms with van der Waals surface area (Å²) in [5.41, 5.74) is 1.11. The van der Waals surface area contributed by atoms with Crippen LogP contribution < -0.4 is 4.74 Å². The van der Waals surface area contributed by atoms with Gasteiger partial charge in [-0.2, -0.15) is 0 Å². The lowest BCUT2D eigenvalue weighted by Gasteiger charge is -2.42. The minimum atomic E-state index is -4.84. The van der Waals surface area contributed by atoms with Gasteiger partial charge in [-0.3, -0.25) is 0 Å². The van der Waals surface area contributed by atoms with Crippen molar-refractivity contribution in [2.45, 2.75) is 70.6 Å². The molecule has 0 aliphatic heterocycles. The monoisotopic (exact) mass is 408 g/mol. The summed E-state index contributed by atoms with van der Waals surface area (Å²) in [6, 6.07) is 7.50. The lowest BCUT2D eigenvalue weighted by molar-refractivity contribution is -0.274. The normalized spacial score (nSPS) is 27.6. The minimum absolute atomic E-state index is 0.293. The van der Waals surface area contributed by atoms with Gasteiger partial charge in [0.15, 0.2) is 0 Å². The van der Waals surface area contributed by atoms with Gasteiger partial charge in [-0.05, 0) is 72.8 Å². The molecule has 4 atom stereocenters. The Morgan fingerprint density at radius 2 is 1.72 bits per heavy atom. The first kappa shape index (κ1) is 20.5. The number of ether oxygens (including phenoxy) is 1. The van der Waals surface area contributed by atoms with E-state index in [-0.39, 0.29) is 0 Å². The van der Waals surface area contributed by atoms with E-state index in [1.807, 2.05) is 12.1 Å². The fraction of sp³-hybridized carbons (Fsp3) is 0.583. The van der Waals surface area contributed by atoms with Crippen molar-refractivity contribution in [3.8, 4) is 5.75 Å². The second-order valence-corrected chi connectivity index (χ2v) is 8.93. The van der Waals surface area contributed by atoms with Gasteiger partial charge in [0, 0.05) is 11.5 Å². The van der Waals surface area contributed by atoms with E-state index in [2.05, 4.69) is 11.7 Å². The molecule has 0 N–H and O–H groups in total. The molecule has 2 aromatic rings. The van der Waals surface area contributed by atoms with E-state index < -0.39 is 17.9 Å². The zero-order valence-corrected chi connectivity index (χ0v) is 16.8. The molecule has 1 nitrogen and oxygen atoms in total. The highest BCUT2D eigenvalue weighted by Gasteiger charge is 2.36. The Balaban J connectivity index is 1.53. The molecular formula is C24H28F4O. The maximum Gasteiger partial charge on any atom is 0.573 e. The van der Waals surface area contributed by atoms with E-state index in [4.69, 9.17) is 0 Å². The van der Waals surface area contributed by atoms with Gasteiger partial charge in [0.05, 0.1) is 0 Å². The molecular weight excluding hydrogens is 380 g/mol. The summed E-state index contributed by atoms with van der Waals surface area (Å²) in [7, 11) is 0. The minimum Gasteiger partial charge on any atom is -0.405 e. The lowest BCUT2D eigenvalue weighted by atomic mass is 9.63. The molecule has 4 rings (SSSR count). The molecule has 0 aromatic heterocycles. The van der Waals surface area contributed by atoms with Crippen LogP contribution >= 0.6 is 0 Å². The van der Waals surface area contributed by atoms with Crippen LogP contribution in [-0.2, 0) is 0 Å². The number of fused-ring (bicyclic) bond motifs is 2. The summed E-state index contributed by atoms with van der Waals surface area (Å²) >= 11 is 0. The van der Waals surface area contributed by atoms with Crippen LogP contribution in [0.1, 0.15) is 69.8 Å². The van der Waals surface area contributed by atoms with Crippen LogP contribution in [0, 0.1) is 23.6 Å². The number of benzene rings is 2. The molecule has 0 saturated heterocycles. The number of hydrogen-bond acceptors (Lipinski definition) is 1. The first-order valence-electron chi connectivity index (χ1n) is 10.8. The summed E-state index contributed by atoms with van der Waals surface area (Å²) in [6.45, 7) is 2.26. The molecule has 4 unspecified atom stereocenters. The van der Waals surface area contributed by atoms with Crippen molar-refractivity contribution in [2.24, 2.45) is 17.8 Å². The Labute approximate surface area is 169 Å². The molecule has 0 amide bonds. The highest BCUT2D eigenvalue weighted by molar-refractivity contribution is 5.89. The van der Waals surface area contributed by atoms with Crippen LogP contribution in [-0.4, -0.2) is 6.36 Å². The Morgan fingerprint density at radius 3 is 2.48 bits per heavy atom. The smallest absolute Gasteiger partial charge is 0.405 e. The van der Waals surface area contributed by atoms with Gasteiger partial charge >= 0.3 is 6.36 Å². The van der Waals surface area contributed by atoms with E-state index >= 15 is 0 Å². The maximum absolute atomic E-state index is 13.9. The van der Waals surface area contributed by atoms with Crippen molar-refractivity contribution in [3.63, 3.8) is 0 Å². The topological polar surface area (TPSA) is 9.23 Å². The van der Waals surface area contributed by atoms with Gasteiger partial charge in [-0.15, -0.1) is 13.2 Å². The van der Waals surface area contributed by atoms with Gasteiger partial charge in [0.2, 0.25) is 0 Å². The van der Waals surface area contributed by atoms with Gasteiger partial charge in [0.25, 0.3) is 0 Å². The van der Waals surface area contributed by atoms with Gasteiger partial charge < -0.3 is 4.74 Å². The van der Waals surface area contributed by atoms with Crippen molar-refractivity contribution in [3.05, 3.63) is 41.7 Å². The van der Waals surface area contributed by atoms with E-state index in [9.17, 15) is 17.6 Å². The zero-order valence-electron chi connectivity index (χ0n) is 16.8. The zero-order chi connectivity index (χ0) is 20.6. The third-order valence-corrected chi connectivity index (χ3v) is 7.02. The van der Waals surface area contributed by atoms with E-state index in [1.54, 1.807) is 6.07 Å². The molecule has 2 aliphatic rings. The standard InChI is InChI=1S/C24H28F4O/c1-2-3-15-4-5-17-11-18(7-6-16(17)10-15)19-8-9-22-20(12-19)13-21(25)14-23(22)29-24(26,27)28/h8-9,12-18H,2-7,10-11H2,1H3. The van der Waals surface area contributed by atoms with Gasteiger partial charge in [-0.25, -0.2) is 4.39 Å². The Kier molecular flexibility index (Phi) is 5.76. The molecule has 0 bridgehead atoms. The Bertz CT molecular complexity index is 860. The molecule has 0 radical (unpaired) electrons. The molecule has 0 spiro atoms. The third-order valence-electron chi connectivity index (χ3n) is 7.02. The fourth-order valence-corrected chi connectivity index (χ4v) is 5.74. The number of alkyl halides is 3. The Hall–Kier alpha value is -1.78. The summed E-state index contributed by atoms with van der Waals surface area (Å²) in [5, 5.41) is 0.761. The third kappa shape index (κ3) is 4.70. The van der Waals surface area contributed by atoms with E-state index in [0.29, 0.717) is 16.7 Å². The number of halogens is 4. The summed E-state index contributed by atoms with van der Waals surface area (Å²) in [4.78, 5) is 0. The molecule has 2 saturated carbocycles. The molecule has 29 heavy (non-hydrogen) atoms. The Morgan fingerprint density at radius 1 is 0.966 bits per heavy atom. The first-order chi connectivity index (χ1) is 13.8. The SMILES string of the molecule is CCCC1CCC2CC(c3ccc4c(OC(F)(F)F)cc(F)cc4c3)CCC2C1. The second-order valence-electron chi connectivity index (χ2n) is 8.93. The number of rotatable bonds is 4. The highest BCUT2D eigenvalue weighted by atomic mass is 19.4. The molecule has 2 aliphatic carbocycles.